The molecule has 1 aromatic carbocycles. The molecule has 4 aliphatic rings. The Morgan fingerprint density at radius 2 is 1.97 bits per heavy atom. The molecule has 1 aromatic rings. The van der Waals surface area contributed by atoms with E-state index < -0.39 is 33.5 Å². The van der Waals surface area contributed by atoms with Crippen molar-refractivity contribution in [3.63, 3.8) is 0 Å². The molecule has 0 aromatic heterocycles. The van der Waals surface area contributed by atoms with E-state index in [1.54, 1.807) is 12.3 Å². The van der Waals surface area contributed by atoms with Crippen LogP contribution in [0.5, 0.6) is 5.75 Å². The summed E-state index contributed by atoms with van der Waals surface area (Å²) in [5, 5.41) is 26.5. The largest absolute Gasteiger partial charge is 0.477 e. The Kier molecular flexibility index (Phi) is 4.24. The number of hydrogen-bond acceptors (Lipinski definition) is 6. The summed E-state index contributed by atoms with van der Waals surface area (Å²) in [4.78, 5) is 12.7. The van der Waals surface area contributed by atoms with E-state index in [1.165, 1.54) is 0 Å². The number of benzene rings is 1. The highest BCUT2D eigenvalue weighted by atomic mass is 32.2. The molecule has 0 saturated carbocycles. The van der Waals surface area contributed by atoms with Crippen molar-refractivity contribution in [1.82, 2.24) is 5.32 Å². The van der Waals surface area contributed by atoms with Crippen molar-refractivity contribution in [2.75, 3.05) is 6.26 Å². The predicted molar refractivity (Wildman–Crippen MR) is 121 cm³/mol. The Morgan fingerprint density at radius 1 is 1.25 bits per heavy atom. The number of hydrogen-bond donors (Lipinski definition) is 3. The minimum Gasteiger partial charge on any atom is -0.477 e. The average Bonchev–Trinajstić information content (AvgIpc) is 3.00. The Morgan fingerprint density at radius 3 is 2.62 bits per heavy atom. The quantitative estimate of drug-likeness (QED) is 0.446. The molecule has 0 radical (unpaired) electrons. The van der Waals surface area contributed by atoms with Crippen LogP contribution in [0.25, 0.3) is 0 Å². The van der Waals surface area contributed by atoms with Gasteiger partial charge >= 0.3 is 0 Å². The lowest BCUT2D eigenvalue weighted by Crippen LogP contribution is -2.62. The maximum atomic E-state index is 12.8. The first-order chi connectivity index (χ1) is 15.0. The van der Waals surface area contributed by atoms with E-state index >= 15 is 0 Å². The number of allylic oxidation sites excluding steroid dienone is 3. The van der Waals surface area contributed by atoms with Crippen LogP contribution in [0.1, 0.15) is 55.4 Å². The summed E-state index contributed by atoms with van der Waals surface area (Å²) in [7, 11) is -1.44. The lowest BCUT2D eigenvalue weighted by Gasteiger charge is -2.58. The normalized spacial score (nSPS) is 34.1. The molecule has 1 spiro atoms. The molecule has 168 valence electrons. The number of carbonyl (C=O) groups excluding carboxylic acids is 1. The first-order valence-electron chi connectivity index (χ1n) is 10.5. The smallest absolute Gasteiger partial charge is 0.254 e. The van der Waals surface area contributed by atoms with Crippen molar-refractivity contribution in [1.29, 1.82) is 0 Å². The van der Waals surface area contributed by atoms with E-state index in [0.717, 1.165) is 16.7 Å². The molecule has 0 fully saturated rings. The molecule has 8 heteroatoms. The van der Waals surface area contributed by atoms with Crippen LogP contribution < -0.4 is 10.1 Å². The van der Waals surface area contributed by atoms with Gasteiger partial charge < -0.3 is 20.4 Å². The topological polar surface area (TPSA) is 108 Å². The highest BCUT2D eigenvalue weighted by Crippen LogP contribution is 2.62. The van der Waals surface area contributed by atoms with Crippen molar-refractivity contribution in [3.8, 4) is 5.75 Å². The molecule has 2 aliphatic carbocycles. The molecule has 2 aliphatic heterocycles. The number of fused-ring (bicyclic) bond motifs is 3. The third kappa shape index (κ3) is 2.37. The highest BCUT2D eigenvalue weighted by molar-refractivity contribution is 7.89. The number of oxime groups is 1. The Labute approximate surface area is 189 Å². The molecular formula is C24H26N2O5S. The van der Waals surface area contributed by atoms with Crippen LogP contribution in [0.2, 0.25) is 0 Å². The summed E-state index contributed by atoms with van der Waals surface area (Å²) in [6.45, 7) is 8.03. The van der Waals surface area contributed by atoms with E-state index in [0.29, 0.717) is 33.9 Å². The van der Waals surface area contributed by atoms with Gasteiger partial charge in [-0.3, -0.25) is 9.00 Å². The first-order valence-corrected chi connectivity index (χ1v) is 12.1. The second-order valence-corrected chi connectivity index (χ2v) is 11.1. The summed E-state index contributed by atoms with van der Waals surface area (Å²) in [6.07, 6.45) is 6.87. The molecule has 2 heterocycles. The van der Waals surface area contributed by atoms with E-state index in [2.05, 4.69) is 30.4 Å². The number of rotatable bonds is 1. The number of ether oxygens (including phenoxy) is 1. The first kappa shape index (κ1) is 21.2. The van der Waals surface area contributed by atoms with Crippen LogP contribution in [0.4, 0.5) is 0 Å². The summed E-state index contributed by atoms with van der Waals surface area (Å²) in [5.41, 5.74) is 1.70. The lowest BCUT2D eigenvalue weighted by atomic mass is 9.52. The minimum absolute atomic E-state index is 0.343. The predicted octanol–water partition coefficient (Wildman–Crippen LogP) is 3.12. The zero-order chi connectivity index (χ0) is 23.2. The zero-order valence-electron chi connectivity index (χ0n) is 18.6. The van der Waals surface area contributed by atoms with Crippen LogP contribution in [0, 0.1) is 10.8 Å². The molecule has 0 saturated heterocycles. The van der Waals surface area contributed by atoms with Gasteiger partial charge in [-0.05, 0) is 36.6 Å². The number of amides is 1. The third-order valence-electron chi connectivity index (χ3n) is 7.70. The van der Waals surface area contributed by atoms with Crippen molar-refractivity contribution in [3.05, 3.63) is 63.1 Å². The van der Waals surface area contributed by atoms with Crippen LogP contribution in [0.15, 0.2) is 51.6 Å². The van der Waals surface area contributed by atoms with Gasteiger partial charge in [-0.15, -0.1) is 0 Å². The monoisotopic (exact) mass is 454 g/mol. The fourth-order valence-corrected chi connectivity index (χ4v) is 6.66. The lowest BCUT2D eigenvalue weighted by molar-refractivity contribution is 0.00724. The highest BCUT2D eigenvalue weighted by Gasteiger charge is 2.63. The molecule has 32 heavy (non-hydrogen) atoms. The molecule has 0 bridgehead atoms. The minimum atomic E-state index is -1.44. The second kappa shape index (κ2) is 6.42. The van der Waals surface area contributed by atoms with Gasteiger partial charge in [0, 0.05) is 17.1 Å². The number of aliphatic hydroxyl groups excluding tert-OH is 1. The maximum absolute atomic E-state index is 12.8. The average molecular weight is 455 g/mol. The third-order valence-corrected chi connectivity index (χ3v) is 8.63. The number of carbonyl (C=O) groups is 1. The molecule has 4 unspecified atom stereocenters. The van der Waals surface area contributed by atoms with Crippen LogP contribution in [-0.4, -0.2) is 38.0 Å². The van der Waals surface area contributed by atoms with Gasteiger partial charge in [0.15, 0.2) is 11.8 Å². The van der Waals surface area contributed by atoms with Crippen molar-refractivity contribution >= 4 is 22.4 Å². The number of nitrogens with one attached hydrogen (secondary N) is 1. The molecular weight excluding hydrogens is 428 g/mol. The summed E-state index contributed by atoms with van der Waals surface area (Å²) < 4.78 is 19.6. The van der Waals surface area contributed by atoms with Gasteiger partial charge in [-0.2, -0.15) is 0 Å². The Bertz CT molecular complexity index is 1240. The maximum Gasteiger partial charge on any atom is 0.254 e. The van der Waals surface area contributed by atoms with Crippen molar-refractivity contribution < 1.29 is 24.1 Å². The molecule has 1 amide bonds. The van der Waals surface area contributed by atoms with Gasteiger partial charge in [-0.25, -0.2) is 0 Å². The molecule has 4 atom stereocenters. The Balaban J connectivity index is 1.86. The van der Waals surface area contributed by atoms with Gasteiger partial charge in [0.25, 0.3) is 5.91 Å². The van der Waals surface area contributed by atoms with E-state index in [4.69, 9.17) is 4.74 Å². The molecule has 3 N–H and O–H groups in total. The fraction of sp³-hybridized carbons (Fsp3) is 0.417. The van der Waals surface area contributed by atoms with Crippen LogP contribution >= 0.6 is 0 Å². The second-order valence-electron chi connectivity index (χ2n) is 9.70. The van der Waals surface area contributed by atoms with E-state index in [9.17, 15) is 19.3 Å². The number of nitrogens with zero attached hydrogens (tertiary/aromatic N) is 1. The summed E-state index contributed by atoms with van der Waals surface area (Å²) in [5.74, 6) is 0.133. The SMILES string of the molecule is CC1=CC=C2C(C)(C)C(=NO)C(S(C)=O)=CC23Oc2c(ccc4c2C(O)NC4=O)CC13C. The Hall–Kier alpha value is -2.71. The van der Waals surface area contributed by atoms with Gasteiger partial charge in [-0.1, -0.05) is 49.7 Å². The molecule has 7 nitrogen and oxygen atoms in total. The molecule has 5 rings (SSSR count). The fourth-order valence-electron chi connectivity index (χ4n) is 5.76. The number of aliphatic hydroxyl groups is 1. The van der Waals surface area contributed by atoms with Crippen LogP contribution in [-0.2, 0) is 17.2 Å². The van der Waals surface area contributed by atoms with E-state index in [-0.39, 0.29) is 5.91 Å². The van der Waals surface area contributed by atoms with Crippen LogP contribution in [0.3, 0.4) is 0 Å². The zero-order valence-corrected chi connectivity index (χ0v) is 19.5. The van der Waals surface area contributed by atoms with Crippen molar-refractivity contribution in [2.24, 2.45) is 16.0 Å². The van der Waals surface area contributed by atoms with Gasteiger partial charge in [0.1, 0.15) is 11.5 Å². The standard InChI is InChI=1S/C24H26N2O5S/c1-12-6-9-16-22(2,3)19(26-29)15(32(5)30)11-24(16)23(12,4)10-13-7-8-14-17(18(13)31-24)21(28)25-20(14)27/h6-9,11,21,28-29H,10H2,1-5H3,(H,25,27). The summed E-state index contributed by atoms with van der Waals surface area (Å²) in [6, 6.07) is 3.61. The van der Waals surface area contributed by atoms with Crippen molar-refractivity contribution in [2.45, 2.75) is 45.9 Å². The van der Waals surface area contributed by atoms with E-state index in [1.807, 2.05) is 32.1 Å². The van der Waals surface area contributed by atoms with Gasteiger partial charge in [0.05, 0.1) is 26.8 Å². The summed E-state index contributed by atoms with van der Waals surface area (Å²) >= 11 is 0. The van der Waals surface area contributed by atoms with Gasteiger partial charge in [0.2, 0.25) is 0 Å².